The minimum atomic E-state index is -5.22. The van der Waals surface area contributed by atoms with Gasteiger partial charge >= 0.3 is 18.0 Å². The molecule has 2 amide bonds. The quantitative estimate of drug-likeness (QED) is 0.566. The van der Waals surface area contributed by atoms with Gasteiger partial charge in [-0.3, -0.25) is 9.59 Å². The molecule has 1 aliphatic rings. The van der Waals surface area contributed by atoms with Gasteiger partial charge in [0.15, 0.2) is 0 Å². The molecule has 1 aromatic carbocycles. The van der Waals surface area contributed by atoms with Gasteiger partial charge in [-0.1, -0.05) is 17.7 Å². The number of imide groups is 1. The van der Waals surface area contributed by atoms with Crippen molar-refractivity contribution in [1.82, 2.24) is 5.06 Å². The van der Waals surface area contributed by atoms with Gasteiger partial charge in [-0.05, 0) is 19.1 Å². The summed E-state index contributed by atoms with van der Waals surface area (Å²) in [5.74, 6) is -1.80. The number of hydrogen-bond acceptors (Lipinski definition) is 7. The van der Waals surface area contributed by atoms with Crippen LogP contribution in [0.5, 0.6) is 0 Å². The van der Waals surface area contributed by atoms with Crippen LogP contribution in [-0.4, -0.2) is 33.7 Å². The van der Waals surface area contributed by atoms with Crippen LogP contribution in [0.2, 0.25) is 0 Å². The molecule has 0 saturated carbocycles. The molecule has 0 radical (unpaired) electrons. The zero-order valence-corrected chi connectivity index (χ0v) is 12.5. The fourth-order valence-corrected chi connectivity index (χ4v) is 4.19. The van der Waals surface area contributed by atoms with E-state index in [1.54, 1.807) is 6.92 Å². The molecule has 114 valence electrons. The monoisotopic (exact) mass is 333 g/mol. The molecule has 0 spiro atoms. The number of aryl methyl sites for hydroxylation is 1. The maximum atomic E-state index is 12.0. The van der Waals surface area contributed by atoms with Gasteiger partial charge in [0, 0.05) is 12.8 Å². The fraction of sp³-hybridized carbons (Fsp3) is 0.273. The Hall–Kier alpha value is -1.78. The third kappa shape index (κ3) is 2.82. The Labute approximate surface area is 120 Å². The van der Waals surface area contributed by atoms with E-state index in [-0.39, 0.29) is 17.9 Å². The zero-order chi connectivity index (χ0) is 15.8. The first-order chi connectivity index (χ1) is 9.65. The molecule has 0 aliphatic carbocycles. The highest BCUT2D eigenvalue weighted by atomic mass is 33.2. The Morgan fingerprint density at radius 3 is 1.90 bits per heavy atom. The number of hydrogen-bond donors (Lipinski definition) is 0. The lowest BCUT2D eigenvalue weighted by Crippen LogP contribution is -2.34. The van der Waals surface area contributed by atoms with Crippen LogP contribution >= 0.6 is 0 Å². The Bertz CT molecular complexity index is 777. The number of rotatable bonds is 4. The average Bonchev–Trinajstić information content (AvgIpc) is 2.70. The molecule has 10 heteroatoms. The summed E-state index contributed by atoms with van der Waals surface area (Å²) in [7, 11) is -10.1. The molecule has 0 aromatic heterocycles. The van der Waals surface area contributed by atoms with Gasteiger partial charge in [0.25, 0.3) is 11.8 Å². The predicted molar refractivity (Wildman–Crippen MR) is 69.5 cm³/mol. The van der Waals surface area contributed by atoms with Crippen molar-refractivity contribution < 1.29 is 30.7 Å². The number of carbonyl (C=O) groups excluding carboxylic acids is 2. The average molecular weight is 333 g/mol. The highest BCUT2D eigenvalue weighted by Crippen LogP contribution is 2.22. The van der Waals surface area contributed by atoms with Crippen LogP contribution in [0.4, 0.5) is 0 Å². The van der Waals surface area contributed by atoms with Gasteiger partial charge < -0.3 is 0 Å². The van der Waals surface area contributed by atoms with Crippen LogP contribution in [0.15, 0.2) is 29.2 Å². The van der Waals surface area contributed by atoms with Crippen molar-refractivity contribution in [2.24, 2.45) is 0 Å². The maximum Gasteiger partial charge on any atom is 0.400 e. The SMILES string of the molecule is Cc1ccc(S(=O)(=O)S(=O)(=O)ON2C(=O)CCC2=O)cc1. The van der Waals surface area contributed by atoms with E-state index in [1.807, 2.05) is 0 Å². The van der Waals surface area contributed by atoms with Gasteiger partial charge in [-0.25, -0.2) is 8.42 Å². The lowest BCUT2D eigenvalue weighted by molar-refractivity contribution is -0.163. The second kappa shape index (κ2) is 5.20. The van der Waals surface area contributed by atoms with Crippen molar-refractivity contribution in [2.45, 2.75) is 24.7 Å². The summed E-state index contributed by atoms with van der Waals surface area (Å²) >= 11 is 0. The number of amides is 2. The zero-order valence-electron chi connectivity index (χ0n) is 10.8. The van der Waals surface area contributed by atoms with E-state index in [4.69, 9.17) is 0 Å². The first-order valence-electron chi connectivity index (χ1n) is 5.77. The van der Waals surface area contributed by atoms with Gasteiger partial charge in [0.2, 0.25) is 0 Å². The third-order valence-electron chi connectivity index (χ3n) is 2.75. The van der Waals surface area contributed by atoms with Crippen LogP contribution < -0.4 is 0 Å². The van der Waals surface area contributed by atoms with E-state index < -0.39 is 34.7 Å². The summed E-state index contributed by atoms with van der Waals surface area (Å²) < 4.78 is 51.9. The fourth-order valence-electron chi connectivity index (χ4n) is 1.59. The molecule has 2 rings (SSSR count). The first kappa shape index (κ1) is 15.6. The molecular weight excluding hydrogens is 322 g/mol. The van der Waals surface area contributed by atoms with Gasteiger partial charge in [-0.2, -0.15) is 8.42 Å². The topological polar surface area (TPSA) is 115 Å². The largest absolute Gasteiger partial charge is 0.400 e. The molecule has 1 aliphatic heterocycles. The van der Waals surface area contributed by atoms with E-state index in [0.717, 1.165) is 17.7 Å². The summed E-state index contributed by atoms with van der Waals surface area (Å²) in [4.78, 5) is 22.1. The van der Waals surface area contributed by atoms with E-state index in [2.05, 4.69) is 4.28 Å². The van der Waals surface area contributed by atoms with Crippen LogP contribution in [0.3, 0.4) is 0 Å². The van der Waals surface area contributed by atoms with Crippen molar-refractivity contribution in [2.75, 3.05) is 0 Å². The van der Waals surface area contributed by atoms with Crippen molar-refractivity contribution in [1.29, 1.82) is 0 Å². The van der Waals surface area contributed by atoms with E-state index in [0.29, 0.717) is 0 Å². The summed E-state index contributed by atoms with van der Waals surface area (Å²) in [6.07, 6.45) is -0.447. The molecular formula is C11H11NO7S2. The molecule has 0 N–H and O–H groups in total. The van der Waals surface area contributed by atoms with E-state index in [1.165, 1.54) is 12.1 Å². The normalized spacial score (nSPS) is 16.5. The second-order valence-corrected chi connectivity index (χ2v) is 9.22. The minimum absolute atomic E-state index is 0.0267. The number of hydroxylamine groups is 2. The molecule has 1 aromatic rings. The Morgan fingerprint density at radius 1 is 0.952 bits per heavy atom. The molecule has 1 fully saturated rings. The molecule has 0 unspecified atom stereocenters. The number of nitrogens with zero attached hydrogens (tertiary/aromatic N) is 1. The highest BCUT2D eigenvalue weighted by molar-refractivity contribution is 8.65. The summed E-state index contributed by atoms with van der Waals surface area (Å²) in [6, 6.07) is 5.02. The minimum Gasteiger partial charge on any atom is -0.272 e. The van der Waals surface area contributed by atoms with Crippen LogP contribution in [0.1, 0.15) is 18.4 Å². The van der Waals surface area contributed by atoms with Crippen molar-refractivity contribution >= 4 is 29.8 Å². The third-order valence-corrected chi connectivity index (χ3v) is 6.84. The molecule has 21 heavy (non-hydrogen) atoms. The Balaban J connectivity index is 2.36. The Morgan fingerprint density at radius 2 is 1.43 bits per heavy atom. The molecule has 8 nitrogen and oxygen atoms in total. The van der Waals surface area contributed by atoms with Gasteiger partial charge in [0.1, 0.15) is 0 Å². The van der Waals surface area contributed by atoms with Crippen molar-refractivity contribution in [3.05, 3.63) is 29.8 Å². The van der Waals surface area contributed by atoms with Crippen molar-refractivity contribution in [3.8, 4) is 0 Å². The second-order valence-electron chi connectivity index (χ2n) is 4.33. The lowest BCUT2D eigenvalue weighted by atomic mass is 10.2. The number of benzene rings is 1. The standard InChI is InChI=1S/C11H11NO7S2/c1-8-2-4-9(5-3-8)20(15,16)21(17,18)19-12-10(13)6-7-11(12)14/h2-5H,6-7H2,1H3. The lowest BCUT2D eigenvalue weighted by Gasteiger charge is -2.13. The van der Waals surface area contributed by atoms with Gasteiger partial charge in [0.05, 0.1) is 4.90 Å². The molecule has 0 atom stereocenters. The highest BCUT2D eigenvalue weighted by Gasteiger charge is 2.41. The van der Waals surface area contributed by atoms with Crippen LogP contribution in [0, 0.1) is 6.92 Å². The van der Waals surface area contributed by atoms with E-state index >= 15 is 0 Å². The maximum absolute atomic E-state index is 12.0. The van der Waals surface area contributed by atoms with Crippen LogP contribution in [-0.2, 0) is 31.9 Å². The number of carbonyl (C=O) groups is 2. The summed E-state index contributed by atoms with van der Waals surface area (Å²) in [5, 5.41) is -0.0267. The summed E-state index contributed by atoms with van der Waals surface area (Å²) in [5.41, 5.74) is 0.733. The predicted octanol–water partition coefficient (Wildman–Crippen LogP) is 0.0941. The van der Waals surface area contributed by atoms with Crippen molar-refractivity contribution in [3.63, 3.8) is 0 Å². The first-order valence-corrected chi connectivity index (χ1v) is 9.18. The van der Waals surface area contributed by atoms with E-state index in [9.17, 15) is 26.4 Å². The summed E-state index contributed by atoms with van der Waals surface area (Å²) in [6.45, 7) is 1.70. The molecule has 1 heterocycles. The molecule has 0 bridgehead atoms. The smallest absolute Gasteiger partial charge is 0.272 e. The van der Waals surface area contributed by atoms with Gasteiger partial charge in [-0.15, -0.1) is 9.35 Å². The molecule has 1 saturated heterocycles. The van der Waals surface area contributed by atoms with Crippen LogP contribution in [0.25, 0.3) is 0 Å². The Kier molecular flexibility index (Phi) is 3.87.